The first kappa shape index (κ1) is 40.9. The van der Waals surface area contributed by atoms with Gasteiger partial charge in [0, 0.05) is 28.5 Å². The Balaban J connectivity index is 1.17. The summed E-state index contributed by atoms with van der Waals surface area (Å²) in [6.45, 7) is 14.4. The van der Waals surface area contributed by atoms with Crippen molar-refractivity contribution in [2.45, 2.75) is 57.3 Å². The molecule has 0 bridgehead atoms. The third-order valence-electron chi connectivity index (χ3n) is 13.6. The van der Waals surface area contributed by atoms with Crippen LogP contribution in [-0.2, 0) is 29.9 Å². The van der Waals surface area contributed by atoms with Crippen LogP contribution in [0.2, 0.25) is 0 Å². The molecular formula is C59H49FO4. The second-order valence-corrected chi connectivity index (χ2v) is 18.3. The molecule has 0 spiro atoms. The minimum Gasteiger partial charge on any atom is -0.463 e. The molecule has 0 fully saturated rings. The van der Waals surface area contributed by atoms with Crippen molar-refractivity contribution in [3.63, 3.8) is 0 Å². The number of carbonyl (C=O) groups is 2. The molecule has 0 aromatic heterocycles. The van der Waals surface area contributed by atoms with Crippen LogP contribution in [0, 0.1) is 5.82 Å². The van der Waals surface area contributed by atoms with Crippen LogP contribution in [0.1, 0.15) is 63.1 Å². The van der Waals surface area contributed by atoms with Gasteiger partial charge in [0.25, 0.3) is 0 Å². The highest BCUT2D eigenvalue weighted by molar-refractivity contribution is 6.25. The lowest BCUT2D eigenvalue weighted by atomic mass is 9.70. The van der Waals surface area contributed by atoms with Crippen molar-refractivity contribution in [1.29, 1.82) is 0 Å². The highest BCUT2D eigenvalue weighted by atomic mass is 19.1. The van der Waals surface area contributed by atoms with Gasteiger partial charge in [-0.2, -0.15) is 0 Å². The molecule has 0 N–H and O–H groups in total. The minimum atomic E-state index is -0.617. The number of esters is 2. The van der Waals surface area contributed by atoms with E-state index in [1.165, 1.54) is 50.0 Å². The Labute approximate surface area is 373 Å². The first-order chi connectivity index (χ1) is 31.0. The summed E-state index contributed by atoms with van der Waals surface area (Å²) in [6, 6.07) is 47.1. The van der Waals surface area contributed by atoms with Crippen molar-refractivity contribution in [1.82, 2.24) is 0 Å². The zero-order valence-corrected chi connectivity index (χ0v) is 36.5. The van der Waals surface area contributed by atoms with Crippen molar-refractivity contribution in [3.8, 4) is 33.4 Å². The maximum absolute atomic E-state index is 17.1. The van der Waals surface area contributed by atoms with E-state index in [2.05, 4.69) is 125 Å². The molecule has 1 aliphatic rings. The summed E-state index contributed by atoms with van der Waals surface area (Å²) in [5.41, 5.74) is 8.68. The number of fused-ring (bicyclic) bond motifs is 6. The van der Waals surface area contributed by atoms with Crippen molar-refractivity contribution >= 4 is 65.8 Å². The summed E-state index contributed by atoms with van der Waals surface area (Å²) in [7, 11) is 0. The van der Waals surface area contributed by atoms with Crippen LogP contribution >= 0.6 is 0 Å². The van der Waals surface area contributed by atoms with Gasteiger partial charge in [-0.25, -0.2) is 14.0 Å². The molecule has 64 heavy (non-hydrogen) atoms. The Morgan fingerprint density at radius 3 is 1.67 bits per heavy atom. The molecule has 4 nitrogen and oxygen atoms in total. The van der Waals surface area contributed by atoms with E-state index in [1.807, 2.05) is 42.5 Å². The van der Waals surface area contributed by atoms with E-state index >= 15 is 4.39 Å². The van der Waals surface area contributed by atoms with Crippen LogP contribution in [0.25, 0.3) is 87.2 Å². The Hall–Kier alpha value is -7.11. The largest absolute Gasteiger partial charge is 0.463 e. The summed E-state index contributed by atoms with van der Waals surface area (Å²) < 4.78 is 28.2. The van der Waals surface area contributed by atoms with Gasteiger partial charge in [-0.05, 0) is 136 Å². The van der Waals surface area contributed by atoms with Gasteiger partial charge in [-0.3, -0.25) is 0 Å². The average Bonchev–Trinajstić information content (AvgIpc) is 3.58. The molecule has 0 atom stereocenters. The molecule has 0 radical (unpaired) electrons. The van der Waals surface area contributed by atoms with E-state index < -0.39 is 17.4 Å². The van der Waals surface area contributed by atoms with Gasteiger partial charge >= 0.3 is 11.9 Å². The molecule has 9 aromatic rings. The van der Waals surface area contributed by atoms with Crippen LogP contribution in [0.4, 0.5) is 4.39 Å². The van der Waals surface area contributed by atoms with Crippen LogP contribution in [-0.4, -0.2) is 25.2 Å². The Morgan fingerprint density at radius 1 is 0.562 bits per heavy atom. The topological polar surface area (TPSA) is 52.6 Å². The lowest BCUT2D eigenvalue weighted by Gasteiger charge is -2.33. The monoisotopic (exact) mass is 840 g/mol. The predicted octanol–water partition coefficient (Wildman–Crippen LogP) is 14.9. The van der Waals surface area contributed by atoms with Gasteiger partial charge in [-0.15, -0.1) is 0 Å². The molecule has 0 amide bonds. The molecule has 0 aliphatic heterocycles. The molecule has 0 heterocycles. The fraction of sp³-hybridized carbons (Fsp3) is 0.186. The van der Waals surface area contributed by atoms with Crippen LogP contribution in [0.15, 0.2) is 159 Å². The van der Waals surface area contributed by atoms with E-state index in [4.69, 9.17) is 9.47 Å². The van der Waals surface area contributed by atoms with Gasteiger partial charge in [0.1, 0.15) is 5.82 Å². The predicted molar refractivity (Wildman–Crippen MR) is 262 cm³/mol. The molecule has 0 saturated heterocycles. The van der Waals surface area contributed by atoms with Gasteiger partial charge < -0.3 is 9.47 Å². The zero-order chi connectivity index (χ0) is 44.3. The summed E-state index contributed by atoms with van der Waals surface area (Å²) in [4.78, 5) is 24.6. The van der Waals surface area contributed by atoms with Crippen LogP contribution < -0.4 is 0 Å². The minimum absolute atomic E-state index is 0.0168. The van der Waals surface area contributed by atoms with Gasteiger partial charge in [0.05, 0.1) is 13.2 Å². The molecule has 5 heteroatoms. The number of hydrogen-bond donors (Lipinski definition) is 0. The van der Waals surface area contributed by atoms with E-state index in [0.717, 1.165) is 55.1 Å². The first-order valence-corrected chi connectivity index (χ1v) is 22.2. The van der Waals surface area contributed by atoms with Gasteiger partial charge in [-0.1, -0.05) is 155 Å². The standard InChI is InChI=1S/C59H49FO4/c1-6-52(61)63-30-12-28-59(29-13-31-64-53(62)7-2)50-34-37(42-24-20-36-18-19-38-32-41(58(3,4)5)33-39-23-27-48(42)55(36)54(38)39)21-25-45(50)46-26-22-40(35-51(46)59)56-47-16-10-8-14-43(47)44-15-9-11-17-49(44)57(56)60/h6-11,14-27,32-35H,1-2,12-13,28-31H2,3-5H3. The summed E-state index contributed by atoms with van der Waals surface area (Å²) in [5, 5.41) is 10.7. The Bertz CT molecular complexity index is 3320. The molecule has 0 saturated carbocycles. The van der Waals surface area contributed by atoms with Crippen LogP contribution in [0.5, 0.6) is 0 Å². The molecule has 1 aliphatic carbocycles. The first-order valence-electron chi connectivity index (χ1n) is 22.2. The smallest absolute Gasteiger partial charge is 0.330 e. The number of rotatable bonds is 12. The Kier molecular flexibility index (Phi) is 10.2. The van der Waals surface area contributed by atoms with Gasteiger partial charge in [0.15, 0.2) is 0 Å². The summed E-state index contributed by atoms with van der Waals surface area (Å²) >= 11 is 0. The maximum atomic E-state index is 17.1. The summed E-state index contributed by atoms with van der Waals surface area (Å²) in [5.74, 6) is -1.19. The fourth-order valence-electron chi connectivity index (χ4n) is 10.6. The summed E-state index contributed by atoms with van der Waals surface area (Å²) in [6.07, 6.45) is 4.73. The quantitative estimate of drug-likeness (QED) is 0.0532. The highest BCUT2D eigenvalue weighted by Crippen LogP contribution is 2.56. The van der Waals surface area contributed by atoms with Gasteiger partial charge in [0.2, 0.25) is 0 Å². The number of ether oxygens (including phenoxy) is 2. The lowest BCUT2D eigenvalue weighted by molar-refractivity contribution is -0.138. The van der Waals surface area contributed by atoms with E-state index in [1.54, 1.807) is 0 Å². The van der Waals surface area contributed by atoms with Crippen molar-refractivity contribution in [2.24, 2.45) is 0 Å². The SMILES string of the molecule is C=CC(=O)OCCCC1(CCCOC(=O)C=C)c2cc(-c3c(F)c4ccccc4c4ccccc34)ccc2-c2ccc(-c3ccc4ccc5cc(C(C)(C)C)cc6ccc3c4c56)cc21. The van der Waals surface area contributed by atoms with E-state index in [9.17, 15) is 9.59 Å². The normalized spacial score (nSPS) is 13.1. The van der Waals surface area contributed by atoms with Crippen molar-refractivity contribution < 1.29 is 23.5 Å². The van der Waals surface area contributed by atoms with Crippen LogP contribution in [0.3, 0.4) is 0 Å². The second kappa shape index (κ2) is 15.9. The third kappa shape index (κ3) is 6.73. The third-order valence-corrected chi connectivity index (χ3v) is 13.6. The maximum Gasteiger partial charge on any atom is 0.330 e. The zero-order valence-electron chi connectivity index (χ0n) is 36.5. The lowest BCUT2D eigenvalue weighted by Crippen LogP contribution is -2.27. The number of benzene rings is 9. The van der Waals surface area contributed by atoms with E-state index in [0.29, 0.717) is 36.6 Å². The number of halogens is 1. The van der Waals surface area contributed by atoms with Crippen molar-refractivity contribution in [3.05, 3.63) is 181 Å². The molecular weight excluding hydrogens is 792 g/mol. The number of hydrogen-bond acceptors (Lipinski definition) is 4. The molecule has 0 unspecified atom stereocenters. The molecule has 10 rings (SSSR count). The second-order valence-electron chi connectivity index (χ2n) is 18.3. The van der Waals surface area contributed by atoms with E-state index in [-0.39, 0.29) is 24.4 Å². The van der Waals surface area contributed by atoms with Crippen molar-refractivity contribution in [2.75, 3.05) is 13.2 Å². The molecule has 9 aromatic carbocycles. The average molecular weight is 841 g/mol. The number of carbonyl (C=O) groups excluding carboxylic acids is 2. The Morgan fingerprint density at radius 2 is 1.06 bits per heavy atom. The highest BCUT2D eigenvalue weighted by Gasteiger charge is 2.43. The fourth-order valence-corrected chi connectivity index (χ4v) is 10.6. The molecule has 316 valence electrons.